The van der Waals surface area contributed by atoms with Gasteiger partial charge in [0.15, 0.2) is 0 Å². The van der Waals surface area contributed by atoms with Crippen LogP contribution in [0.5, 0.6) is 0 Å². The van der Waals surface area contributed by atoms with E-state index in [4.69, 9.17) is 0 Å². The van der Waals surface area contributed by atoms with Gasteiger partial charge in [-0.05, 0) is 38.4 Å². The molecule has 1 N–H and O–H groups in total. The van der Waals surface area contributed by atoms with Crippen molar-refractivity contribution in [3.05, 3.63) is 7.05 Å². The first-order valence-corrected chi connectivity index (χ1v) is 4.15. The molecule has 0 bridgehead atoms. The van der Waals surface area contributed by atoms with E-state index in [0.717, 1.165) is 18.5 Å². The van der Waals surface area contributed by atoms with Crippen LogP contribution in [0.4, 0.5) is 0 Å². The molecule has 2 aliphatic heterocycles. The van der Waals surface area contributed by atoms with Crippen molar-refractivity contribution in [1.29, 1.82) is 0 Å². The van der Waals surface area contributed by atoms with Gasteiger partial charge in [-0.3, -0.25) is 7.05 Å². The molecule has 2 rings (SSSR count). The Labute approximate surface area is 62.6 Å². The van der Waals surface area contributed by atoms with Crippen LogP contribution in [0.1, 0.15) is 12.8 Å². The fourth-order valence-electron chi connectivity index (χ4n) is 2.14. The molecule has 0 radical (unpaired) electrons. The number of nitrogens with one attached hydrogen (secondary N) is 1. The molecule has 0 saturated carbocycles. The fraction of sp³-hybridized carbons (Fsp3) is 0.875. The van der Waals surface area contributed by atoms with Crippen LogP contribution >= 0.6 is 0 Å². The van der Waals surface area contributed by atoms with Gasteiger partial charge in [-0.1, -0.05) is 0 Å². The number of nitrogens with zero attached hydrogens (tertiary/aromatic N) is 1. The quantitative estimate of drug-likeness (QED) is 0.490. The predicted octanol–water partition coefficient (Wildman–Crippen LogP) is 0.462. The van der Waals surface area contributed by atoms with Gasteiger partial charge >= 0.3 is 0 Å². The van der Waals surface area contributed by atoms with Crippen LogP contribution in [-0.2, 0) is 0 Å². The minimum atomic E-state index is 0.756. The summed E-state index contributed by atoms with van der Waals surface area (Å²) in [5.41, 5.74) is 0. The Morgan fingerprint density at radius 2 is 2.30 bits per heavy atom. The van der Waals surface area contributed by atoms with Gasteiger partial charge in [0.25, 0.3) is 0 Å². The lowest BCUT2D eigenvalue weighted by Gasteiger charge is -2.25. The van der Waals surface area contributed by atoms with E-state index in [1.54, 1.807) is 0 Å². The van der Waals surface area contributed by atoms with Gasteiger partial charge < -0.3 is 10.2 Å². The highest BCUT2D eigenvalue weighted by Gasteiger charge is 2.29. The second-order valence-corrected chi connectivity index (χ2v) is 3.50. The van der Waals surface area contributed by atoms with Crippen LogP contribution in [0.3, 0.4) is 0 Å². The molecule has 58 valence electrons. The molecule has 0 spiro atoms. The van der Waals surface area contributed by atoms with E-state index in [9.17, 15) is 0 Å². The summed E-state index contributed by atoms with van der Waals surface area (Å²) in [6.07, 6.45) is 2.76. The highest BCUT2D eigenvalue weighted by atomic mass is 15.2. The summed E-state index contributed by atoms with van der Waals surface area (Å²) >= 11 is 0. The van der Waals surface area contributed by atoms with Crippen LogP contribution < -0.4 is 5.32 Å². The first-order chi connectivity index (χ1) is 4.86. The van der Waals surface area contributed by atoms with Gasteiger partial charge in [-0.2, -0.15) is 0 Å². The first kappa shape index (κ1) is 6.62. The molecule has 0 aromatic rings. The zero-order valence-corrected chi connectivity index (χ0v) is 6.34. The number of piperidine rings is 1. The summed E-state index contributed by atoms with van der Waals surface area (Å²) in [6, 6.07) is 0.756. The smallest absolute Gasteiger partial charge is 0.0210 e. The van der Waals surface area contributed by atoms with Crippen molar-refractivity contribution in [3.63, 3.8) is 0 Å². The molecular formula is C8H15N2-. The van der Waals surface area contributed by atoms with E-state index in [0.29, 0.717) is 0 Å². The Balaban J connectivity index is 1.97. The van der Waals surface area contributed by atoms with E-state index >= 15 is 0 Å². The summed E-state index contributed by atoms with van der Waals surface area (Å²) < 4.78 is 0. The molecule has 2 nitrogen and oxygen atoms in total. The summed E-state index contributed by atoms with van der Waals surface area (Å²) in [7, 11) is 3.96. The summed E-state index contributed by atoms with van der Waals surface area (Å²) in [4.78, 5) is 2.19. The Hall–Kier alpha value is -0.0800. The number of rotatable bonds is 0. The van der Waals surface area contributed by atoms with E-state index in [1.165, 1.54) is 25.9 Å². The highest BCUT2D eigenvalue weighted by Crippen LogP contribution is 2.23. The summed E-state index contributed by atoms with van der Waals surface area (Å²) in [5.74, 6) is 0.895. The Morgan fingerprint density at radius 1 is 1.40 bits per heavy atom. The standard InChI is InChI=1S/C8H15N2/c1-10-5-7-3-2-4-9-8(7)6-10/h7-9H,1-6H2/q-1. The minimum Gasteiger partial charge on any atom is -0.458 e. The average Bonchev–Trinajstić information content (AvgIpc) is 2.27. The van der Waals surface area contributed by atoms with Gasteiger partial charge in [-0.25, -0.2) is 0 Å². The van der Waals surface area contributed by atoms with Crippen molar-refractivity contribution in [2.45, 2.75) is 18.9 Å². The SMILES string of the molecule is [CH2-]N1CC2CCCNC2C1. The van der Waals surface area contributed by atoms with Crippen molar-refractivity contribution < 1.29 is 0 Å². The summed E-state index contributed by atoms with van der Waals surface area (Å²) in [5, 5.41) is 3.53. The second kappa shape index (κ2) is 2.51. The van der Waals surface area contributed by atoms with Crippen LogP contribution in [0.25, 0.3) is 0 Å². The zero-order valence-electron chi connectivity index (χ0n) is 6.34. The molecule has 2 atom stereocenters. The van der Waals surface area contributed by atoms with Gasteiger partial charge in [0.2, 0.25) is 0 Å². The van der Waals surface area contributed by atoms with Crippen molar-refractivity contribution >= 4 is 0 Å². The maximum absolute atomic E-state index is 3.96. The van der Waals surface area contributed by atoms with E-state index in [-0.39, 0.29) is 0 Å². The van der Waals surface area contributed by atoms with Crippen molar-refractivity contribution in [2.75, 3.05) is 19.6 Å². The number of likely N-dealkylation sites (tertiary alicyclic amines) is 1. The molecule has 2 heterocycles. The first-order valence-electron chi connectivity index (χ1n) is 4.15. The minimum absolute atomic E-state index is 0.756. The third kappa shape index (κ3) is 1.06. The molecule has 2 unspecified atom stereocenters. The van der Waals surface area contributed by atoms with Crippen LogP contribution in [0, 0.1) is 13.0 Å². The fourth-order valence-corrected chi connectivity index (χ4v) is 2.14. The van der Waals surface area contributed by atoms with Gasteiger partial charge in [-0.15, -0.1) is 0 Å². The third-order valence-corrected chi connectivity index (χ3v) is 2.67. The number of hydrogen-bond donors (Lipinski definition) is 1. The molecule has 2 aliphatic rings. The molecule has 0 amide bonds. The average molecular weight is 139 g/mol. The van der Waals surface area contributed by atoms with Crippen molar-refractivity contribution in [3.8, 4) is 0 Å². The molecule has 2 saturated heterocycles. The molecule has 10 heavy (non-hydrogen) atoms. The van der Waals surface area contributed by atoms with Gasteiger partial charge in [0.05, 0.1) is 0 Å². The van der Waals surface area contributed by atoms with Crippen molar-refractivity contribution in [2.24, 2.45) is 5.92 Å². The molecule has 0 aliphatic carbocycles. The van der Waals surface area contributed by atoms with Crippen LogP contribution in [0.15, 0.2) is 0 Å². The normalized spacial score (nSPS) is 41.7. The highest BCUT2D eigenvalue weighted by molar-refractivity contribution is 4.91. The molecule has 2 fully saturated rings. The third-order valence-electron chi connectivity index (χ3n) is 2.67. The second-order valence-electron chi connectivity index (χ2n) is 3.50. The topological polar surface area (TPSA) is 15.3 Å². The van der Waals surface area contributed by atoms with E-state index in [1.807, 2.05) is 0 Å². The maximum Gasteiger partial charge on any atom is 0.0210 e. The summed E-state index contributed by atoms with van der Waals surface area (Å²) in [6.45, 7) is 3.58. The maximum atomic E-state index is 3.96. The molecule has 2 heteroatoms. The lowest BCUT2D eigenvalue weighted by atomic mass is 9.94. The van der Waals surface area contributed by atoms with Crippen LogP contribution in [-0.4, -0.2) is 30.6 Å². The predicted molar refractivity (Wildman–Crippen MR) is 41.4 cm³/mol. The Bertz CT molecular complexity index is 110. The van der Waals surface area contributed by atoms with Crippen molar-refractivity contribution in [1.82, 2.24) is 10.2 Å². The monoisotopic (exact) mass is 139 g/mol. The van der Waals surface area contributed by atoms with Gasteiger partial charge in [0, 0.05) is 6.04 Å². The van der Waals surface area contributed by atoms with Gasteiger partial charge in [0.1, 0.15) is 0 Å². The zero-order chi connectivity index (χ0) is 6.97. The van der Waals surface area contributed by atoms with Crippen LogP contribution in [0.2, 0.25) is 0 Å². The lowest BCUT2D eigenvalue weighted by Crippen LogP contribution is -2.40. The molecule has 0 aromatic heterocycles. The Morgan fingerprint density at radius 3 is 3.10 bits per heavy atom. The van der Waals surface area contributed by atoms with E-state index < -0.39 is 0 Å². The number of fused-ring (bicyclic) bond motifs is 1. The molecule has 0 aromatic carbocycles. The Kier molecular flexibility index (Phi) is 1.66. The number of hydrogen-bond acceptors (Lipinski definition) is 2. The largest absolute Gasteiger partial charge is 0.458 e. The lowest BCUT2D eigenvalue weighted by molar-refractivity contribution is 0.339. The molecular weight excluding hydrogens is 124 g/mol. The van der Waals surface area contributed by atoms with E-state index in [2.05, 4.69) is 17.3 Å².